The van der Waals surface area contributed by atoms with Crippen LogP contribution < -0.4 is 20.7 Å². The molecule has 1 aromatic carbocycles. The first-order valence-electron chi connectivity index (χ1n) is 13.1. The average molecular weight is 612 g/mol. The molecule has 1 fully saturated rings. The second kappa shape index (κ2) is 9.77. The number of amides is 1. The number of alkyl carbamates (subject to hydrolysis) is 1. The number of amidine groups is 1. The van der Waals surface area contributed by atoms with Crippen LogP contribution in [0.3, 0.4) is 0 Å². The van der Waals surface area contributed by atoms with Crippen molar-refractivity contribution in [3.05, 3.63) is 47.7 Å². The molecular formula is C26H32F3N7O5S. The highest BCUT2D eigenvalue weighted by molar-refractivity contribution is 7.97. The molecular weight excluding hydrogens is 579 g/mol. The second-order valence-electron chi connectivity index (χ2n) is 11.9. The van der Waals surface area contributed by atoms with E-state index < -0.39 is 67.3 Å². The first kappa shape index (κ1) is 30.0. The van der Waals surface area contributed by atoms with E-state index in [1.807, 2.05) is 0 Å². The standard InChI is InChI=1S/C26H32F3N7O5S/c1-23(2,3)41-22(38)33-20-24(4,5)42(39)26(10-17(34-26)36-42)25(6,35-20)14-9-13(7-8-15(14)27)32-19(37)16-11-31-18(12-30-16)40-21(28)29/h7-9,11-12,17,19,21,32,34,37H,10H2,1-6H3,(H,33,35,38)/t17?,19?,25-,26+,42?/m1/s1. The Balaban J connectivity index is 1.52. The first-order valence-corrected chi connectivity index (χ1v) is 14.6. The van der Waals surface area contributed by atoms with Crippen LogP contribution in [0.1, 0.15) is 65.4 Å². The van der Waals surface area contributed by atoms with E-state index in [2.05, 4.69) is 35.0 Å². The number of nitrogens with zero attached hydrogens (tertiary/aromatic N) is 4. The number of hydrogen-bond acceptors (Lipinski definition) is 11. The number of aromatic nitrogens is 2. The van der Waals surface area contributed by atoms with Crippen molar-refractivity contribution in [2.75, 3.05) is 5.32 Å². The molecule has 12 nitrogen and oxygen atoms in total. The second-order valence-corrected chi connectivity index (χ2v) is 14.9. The normalized spacial score (nSPS) is 29.9. The minimum atomic E-state index is -3.21. The number of ether oxygens (including phenoxy) is 2. The number of halogens is 3. The molecule has 3 unspecified atom stereocenters. The number of nitrogens with one attached hydrogen (secondary N) is 3. The molecule has 4 aliphatic rings. The summed E-state index contributed by atoms with van der Waals surface area (Å²) in [5.74, 6) is -1.06. The van der Waals surface area contributed by atoms with Crippen molar-refractivity contribution in [1.29, 1.82) is 0 Å². The van der Waals surface area contributed by atoms with Gasteiger partial charge in [0.2, 0.25) is 5.88 Å². The molecule has 1 amide bonds. The number of carbonyl (C=O) groups excluding carboxylic acids is 1. The number of rotatable bonds is 6. The zero-order valence-corrected chi connectivity index (χ0v) is 24.6. The van der Waals surface area contributed by atoms with Gasteiger partial charge in [0.15, 0.2) is 6.23 Å². The Morgan fingerprint density at radius 2 is 1.90 bits per heavy atom. The zero-order valence-electron chi connectivity index (χ0n) is 23.7. The quantitative estimate of drug-likeness (QED) is 0.357. The van der Waals surface area contributed by atoms with Gasteiger partial charge in [-0.15, -0.1) is 0 Å². The summed E-state index contributed by atoms with van der Waals surface area (Å²) in [5, 5.41) is 19.3. The Hall–Kier alpha value is -3.50. The Kier molecular flexibility index (Phi) is 6.97. The predicted molar refractivity (Wildman–Crippen MR) is 147 cm³/mol. The topological polar surface area (TPSA) is 159 Å². The number of aliphatic hydroxyl groups excluding tert-OH is 1. The SMILES string of the molecule is CC(C)(C)OC(=O)NC1=N[C@](C)(c2cc(NC(O)c3cnc(OC(F)F)cn3)ccc2F)[C@]23CC(N=S2(=O)C1(C)C)N3. The van der Waals surface area contributed by atoms with E-state index in [9.17, 15) is 22.9 Å². The third-order valence-corrected chi connectivity index (χ3v) is 11.3. The molecule has 6 rings (SSSR count). The number of aliphatic imine (C=N–C) groups is 1. The van der Waals surface area contributed by atoms with Gasteiger partial charge in [-0.1, -0.05) is 0 Å². The lowest BCUT2D eigenvalue weighted by atomic mass is 9.77. The van der Waals surface area contributed by atoms with Crippen LogP contribution in [0.25, 0.3) is 0 Å². The van der Waals surface area contributed by atoms with Gasteiger partial charge in [-0.25, -0.2) is 27.7 Å². The van der Waals surface area contributed by atoms with Crippen molar-refractivity contribution < 1.29 is 36.8 Å². The fourth-order valence-corrected chi connectivity index (χ4v) is 9.03. The highest BCUT2D eigenvalue weighted by Crippen LogP contribution is 2.60. The van der Waals surface area contributed by atoms with Crippen molar-refractivity contribution in [3.63, 3.8) is 0 Å². The third kappa shape index (κ3) is 4.65. The summed E-state index contributed by atoms with van der Waals surface area (Å²) >= 11 is 0. The van der Waals surface area contributed by atoms with Gasteiger partial charge in [-0.3, -0.25) is 15.6 Å². The van der Waals surface area contributed by atoms with Gasteiger partial charge in [-0.2, -0.15) is 8.78 Å². The lowest BCUT2D eigenvalue weighted by molar-refractivity contribution is -0.0531. The summed E-state index contributed by atoms with van der Waals surface area (Å²) in [6.45, 7) is 6.97. The van der Waals surface area contributed by atoms with E-state index in [0.29, 0.717) is 6.42 Å². The minimum absolute atomic E-state index is 0.0188. The molecule has 228 valence electrons. The molecule has 4 aliphatic heterocycles. The van der Waals surface area contributed by atoms with Crippen molar-refractivity contribution in [2.45, 2.75) is 87.7 Å². The number of carbonyl (C=O) groups is 1. The van der Waals surface area contributed by atoms with E-state index >= 15 is 4.39 Å². The molecule has 0 aliphatic carbocycles. The van der Waals surface area contributed by atoms with Crippen LogP contribution in [-0.4, -0.2) is 59.2 Å². The Labute approximate surface area is 240 Å². The monoisotopic (exact) mass is 611 g/mol. The van der Waals surface area contributed by atoms with Gasteiger partial charge >= 0.3 is 12.7 Å². The van der Waals surface area contributed by atoms with Crippen LogP contribution in [0.4, 0.5) is 23.7 Å². The van der Waals surface area contributed by atoms with Crippen molar-refractivity contribution >= 4 is 27.3 Å². The molecule has 2 aromatic rings. The summed E-state index contributed by atoms with van der Waals surface area (Å²) in [6.07, 6.45) is -0.377. The summed E-state index contributed by atoms with van der Waals surface area (Å²) in [4.78, 5) is 23.9. The number of aliphatic hydroxyl groups is 1. The van der Waals surface area contributed by atoms with Gasteiger partial charge in [0.1, 0.15) is 44.3 Å². The van der Waals surface area contributed by atoms with Gasteiger partial charge < -0.3 is 19.9 Å². The molecule has 42 heavy (non-hydrogen) atoms. The predicted octanol–water partition coefficient (Wildman–Crippen LogP) is 3.75. The molecule has 16 heteroatoms. The summed E-state index contributed by atoms with van der Waals surface area (Å²) in [5.41, 5.74) is -2.09. The van der Waals surface area contributed by atoms with Gasteiger partial charge in [-0.05, 0) is 59.7 Å². The smallest absolute Gasteiger partial charge is 0.413 e. The van der Waals surface area contributed by atoms with Crippen molar-refractivity contribution in [3.8, 4) is 5.88 Å². The largest absolute Gasteiger partial charge is 0.444 e. The maximum Gasteiger partial charge on any atom is 0.413 e. The first-order chi connectivity index (χ1) is 19.4. The van der Waals surface area contributed by atoms with Crippen LogP contribution in [0, 0.1) is 5.82 Å². The lowest BCUT2D eigenvalue weighted by Gasteiger charge is -2.56. The molecule has 5 atom stereocenters. The van der Waals surface area contributed by atoms with E-state index in [4.69, 9.17) is 9.73 Å². The molecule has 1 aromatic heterocycles. The maximum atomic E-state index is 15.7. The van der Waals surface area contributed by atoms with Crippen LogP contribution in [-0.2, 0) is 20.0 Å². The van der Waals surface area contributed by atoms with Crippen LogP contribution in [0.2, 0.25) is 0 Å². The highest BCUT2D eigenvalue weighted by atomic mass is 32.2. The van der Waals surface area contributed by atoms with E-state index in [1.54, 1.807) is 41.5 Å². The maximum absolute atomic E-state index is 15.7. The van der Waals surface area contributed by atoms with Crippen molar-refractivity contribution in [2.24, 2.45) is 9.36 Å². The summed E-state index contributed by atoms with van der Waals surface area (Å²) < 4.78 is 68.1. The Morgan fingerprint density at radius 1 is 1.21 bits per heavy atom. The number of anilines is 1. The fraction of sp³-hybridized carbons (Fsp3) is 0.538. The third-order valence-electron chi connectivity index (χ3n) is 7.56. The number of alkyl halides is 2. The molecule has 0 saturated carbocycles. The lowest BCUT2D eigenvalue weighted by Crippen LogP contribution is -2.76. The molecule has 1 saturated heterocycles. The molecule has 5 heterocycles. The van der Waals surface area contributed by atoms with Crippen LogP contribution in [0.15, 0.2) is 39.9 Å². The molecule has 4 N–H and O–H groups in total. The molecule has 0 radical (unpaired) electrons. The summed E-state index contributed by atoms with van der Waals surface area (Å²) in [7, 11) is -3.21. The number of hydrogen-bond donors (Lipinski definition) is 4. The Morgan fingerprint density at radius 3 is 2.50 bits per heavy atom. The minimum Gasteiger partial charge on any atom is -0.444 e. The number of benzene rings is 1. The summed E-state index contributed by atoms with van der Waals surface area (Å²) in [6, 6.07) is 3.95. The van der Waals surface area contributed by atoms with Crippen LogP contribution in [0.5, 0.6) is 5.88 Å². The Bertz CT molecular complexity index is 1560. The fourth-order valence-electron chi connectivity index (χ4n) is 5.50. The van der Waals surface area contributed by atoms with Gasteiger partial charge in [0.05, 0.1) is 22.1 Å². The van der Waals surface area contributed by atoms with E-state index in [0.717, 1.165) is 18.5 Å². The van der Waals surface area contributed by atoms with Gasteiger partial charge in [0.25, 0.3) is 0 Å². The molecule has 2 bridgehead atoms. The van der Waals surface area contributed by atoms with E-state index in [1.165, 1.54) is 12.1 Å². The molecule has 1 spiro atoms. The van der Waals surface area contributed by atoms with Crippen molar-refractivity contribution in [1.82, 2.24) is 20.6 Å². The van der Waals surface area contributed by atoms with E-state index in [-0.39, 0.29) is 22.8 Å². The zero-order chi connectivity index (χ0) is 30.9. The highest BCUT2D eigenvalue weighted by Gasteiger charge is 2.74. The average Bonchev–Trinajstić information content (AvgIpc) is 3.34. The van der Waals surface area contributed by atoms with Crippen LogP contribution >= 0.6 is 0 Å². The van der Waals surface area contributed by atoms with Gasteiger partial charge in [0, 0.05) is 17.7 Å².